The zero-order chi connectivity index (χ0) is 16.2. The molecule has 5 heteroatoms. The van der Waals surface area contributed by atoms with Crippen LogP contribution in [0.5, 0.6) is 5.75 Å². The monoisotopic (exact) mass is 333 g/mol. The highest BCUT2D eigenvalue weighted by atomic mass is 32.2. The molecule has 1 aromatic rings. The summed E-state index contributed by atoms with van der Waals surface area (Å²) in [5.74, 6) is 2.42. The van der Waals surface area contributed by atoms with Crippen LogP contribution >= 0.6 is 0 Å². The molecule has 0 aliphatic heterocycles. The fourth-order valence-electron chi connectivity index (χ4n) is 5.23. The molecule has 23 heavy (non-hydrogen) atoms. The van der Waals surface area contributed by atoms with Gasteiger partial charge in [-0.3, -0.25) is 0 Å². The van der Waals surface area contributed by atoms with Crippen molar-refractivity contribution in [2.45, 2.75) is 44.9 Å². The minimum Gasteiger partial charge on any atom is -0.371 e. The fourth-order valence-corrected chi connectivity index (χ4v) is 5.60. The summed E-state index contributed by atoms with van der Waals surface area (Å²) in [4.78, 5) is 0. The van der Waals surface area contributed by atoms with Crippen LogP contribution in [0.25, 0.3) is 0 Å². The fraction of sp³-hybridized carbons (Fsp3) is 0.556. The van der Waals surface area contributed by atoms with Crippen LogP contribution < -0.4 is 9.32 Å². The minimum atomic E-state index is -3.96. The number of hydrogen-bond acceptors (Lipinski definition) is 3. The third-order valence-electron chi connectivity index (χ3n) is 6.24. The van der Waals surface area contributed by atoms with E-state index in [1.165, 1.54) is 36.8 Å². The van der Waals surface area contributed by atoms with Crippen molar-refractivity contribution in [3.63, 3.8) is 0 Å². The molecule has 0 aromatic heterocycles. The second-order valence-corrected chi connectivity index (χ2v) is 8.69. The molecule has 0 spiro atoms. The van der Waals surface area contributed by atoms with Gasteiger partial charge in [-0.25, -0.2) is 0 Å². The minimum absolute atomic E-state index is 0.327. The Labute approximate surface area is 138 Å². The van der Waals surface area contributed by atoms with Gasteiger partial charge in [0, 0.05) is 0 Å². The van der Waals surface area contributed by atoms with E-state index >= 15 is 0 Å². The van der Waals surface area contributed by atoms with Crippen LogP contribution in [-0.4, -0.2) is 8.42 Å². The normalized spacial score (nSPS) is 35.3. The predicted molar refractivity (Wildman–Crippen MR) is 89.3 cm³/mol. The van der Waals surface area contributed by atoms with Gasteiger partial charge in [-0.05, 0) is 78.5 Å². The van der Waals surface area contributed by atoms with E-state index in [0.717, 1.165) is 18.3 Å². The van der Waals surface area contributed by atoms with Gasteiger partial charge in [0.2, 0.25) is 0 Å². The highest BCUT2D eigenvalue weighted by molar-refractivity contribution is 7.84. The van der Waals surface area contributed by atoms with Crippen molar-refractivity contribution in [1.82, 2.24) is 0 Å². The summed E-state index contributed by atoms with van der Waals surface area (Å²) in [6.07, 6.45) is 10.6. The quantitative estimate of drug-likeness (QED) is 0.844. The molecule has 0 radical (unpaired) electrons. The topological polar surface area (TPSA) is 69.4 Å². The molecule has 0 saturated heterocycles. The third-order valence-corrected chi connectivity index (χ3v) is 6.66. The lowest BCUT2D eigenvalue weighted by atomic mass is 9.56. The van der Waals surface area contributed by atoms with Gasteiger partial charge in [-0.2, -0.15) is 13.6 Å². The van der Waals surface area contributed by atoms with E-state index in [0.29, 0.717) is 17.1 Å². The Hall–Kier alpha value is -1.33. The molecule has 0 bridgehead atoms. The molecular formula is C18H23NO3S. The van der Waals surface area contributed by atoms with Gasteiger partial charge in [0.05, 0.1) is 0 Å². The Morgan fingerprint density at radius 1 is 1.30 bits per heavy atom. The standard InChI is InChI=1S/C18H23NO3S/c1-18-9-2-3-17(18)16-6-4-12-11-13(22-23(19,20)21)5-7-14(12)15(16)8-10-18/h2,5,7,9,11,15-17H,3-4,6,8,10H2,1H3,(H2,19,20,21)/t15-,16-,17+,18+/m1/s1. The molecule has 3 aliphatic rings. The first-order chi connectivity index (χ1) is 10.9. The van der Waals surface area contributed by atoms with Crippen LogP contribution in [-0.2, 0) is 16.7 Å². The first-order valence-electron chi connectivity index (χ1n) is 8.38. The van der Waals surface area contributed by atoms with Gasteiger partial charge >= 0.3 is 10.3 Å². The lowest BCUT2D eigenvalue weighted by molar-refractivity contribution is 0.0826. The Balaban J connectivity index is 1.64. The number of nitrogens with two attached hydrogens (primary N) is 1. The van der Waals surface area contributed by atoms with E-state index in [2.05, 4.69) is 25.1 Å². The van der Waals surface area contributed by atoms with Crippen LogP contribution in [0.2, 0.25) is 0 Å². The molecule has 0 heterocycles. The van der Waals surface area contributed by atoms with Crippen LogP contribution in [0.4, 0.5) is 0 Å². The summed E-state index contributed by atoms with van der Waals surface area (Å²) in [5.41, 5.74) is 2.99. The lowest BCUT2D eigenvalue weighted by Crippen LogP contribution is -2.39. The first kappa shape index (κ1) is 15.2. The smallest absolute Gasteiger partial charge is 0.371 e. The number of fused-ring (bicyclic) bond motifs is 5. The van der Waals surface area contributed by atoms with E-state index in [1.807, 2.05) is 6.07 Å². The van der Waals surface area contributed by atoms with Crippen molar-refractivity contribution < 1.29 is 12.6 Å². The van der Waals surface area contributed by atoms with Crippen molar-refractivity contribution >= 4 is 10.3 Å². The summed E-state index contributed by atoms with van der Waals surface area (Å²) in [5, 5.41) is 4.97. The molecule has 4 atom stereocenters. The molecule has 4 rings (SSSR count). The largest absolute Gasteiger partial charge is 0.380 e. The number of hydrogen-bond donors (Lipinski definition) is 1. The maximum atomic E-state index is 11.1. The molecule has 1 saturated carbocycles. The highest BCUT2D eigenvalue weighted by Crippen LogP contribution is 2.58. The molecule has 0 unspecified atom stereocenters. The summed E-state index contributed by atoms with van der Waals surface area (Å²) in [6.45, 7) is 2.41. The van der Waals surface area contributed by atoms with Crippen molar-refractivity contribution in [1.29, 1.82) is 0 Å². The average Bonchev–Trinajstić information content (AvgIpc) is 2.86. The zero-order valence-electron chi connectivity index (χ0n) is 13.4. The Bertz CT molecular complexity index is 770. The maximum Gasteiger partial charge on any atom is 0.380 e. The van der Waals surface area contributed by atoms with E-state index < -0.39 is 10.3 Å². The van der Waals surface area contributed by atoms with Crippen LogP contribution in [0.3, 0.4) is 0 Å². The summed E-state index contributed by atoms with van der Waals surface area (Å²) < 4.78 is 27.0. The molecule has 3 aliphatic carbocycles. The number of rotatable bonds is 2. The Morgan fingerprint density at radius 3 is 2.91 bits per heavy atom. The molecule has 124 valence electrons. The number of allylic oxidation sites excluding steroid dienone is 2. The average molecular weight is 333 g/mol. The Kier molecular flexibility index (Phi) is 3.36. The van der Waals surface area contributed by atoms with E-state index in [1.54, 1.807) is 6.07 Å². The van der Waals surface area contributed by atoms with Gasteiger partial charge in [-0.1, -0.05) is 25.1 Å². The maximum absolute atomic E-state index is 11.1. The number of benzene rings is 1. The molecular weight excluding hydrogens is 310 g/mol. The SMILES string of the molecule is C[C@@]12C=CC[C@H]1[C@@H]1CCc3cc(OS(N)(=O)=O)ccc3[C@H]1CC2. The highest BCUT2D eigenvalue weighted by Gasteiger charge is 2.48. The zero-order valence-corrected chi connectivity index (χ0v) is 14.2. The van der Waals surface area contributed by atoms with Crippen molar-refractivity contribution in [2.75, 3.05) is 0 Å². The first-order valence-corrected chi connectivity index (χ1v) is 9.86. The number of aryl methyl sites for hydroxylation is 1. The predicted octanol–water partition coefficient (Wildman–Crippen LogP) is 3.29. The van der Waals surface area contributed by atoms with E-state index in [9.17, 15) is 8.42 Å². The molecule has 4 nitrogen and oxygen atoms in total. The van der Waals surface area contributed by atoms with Crippen molar-refractivity contribution in [3.8, 4) is 5.75 Å². The van der Waals surface area contributed by atoms with Crippen molar-refractivity contribution in [3.05, 3.63) is 41.5 Å². The van der Waals surface area contributed by atoms with Gasteiger partial charge in [0.1, 0.15) is 5.75 Å². The lowest BCUT2D eigenvalue weighted by Gasteiger charge is -2.49. The van der Waals surface area contributed by atoms with E-state index in [4.69, 9.17) is 9.32 Å². The van der Waals surface area contributed by atoms with Crippen LogP contribution in [0.15, 0.2) is 30.4 Å². The summed E-state index contributed by atoms with van der Waals surface area (Å²) in [7, 11) is -3.96. The molecule has 2 N–H and O–H groups in total. The van der Waals surface area contributed by atoms with Gasteiger partial charge in [0.25, 0.3) is 0 Å². The summed E-state index contributed by atoms with van der Waals surface area (Å²) >= 11 is 0. The Morgan fingerprint density at radius 2 is 2.13 bits per heavy atom. The second-order valence-electron chi connectivity index (χ2n) is 7.53. The van der Waals surface area contributed by atoms with Crippen LogP contribution in [0.1, 0.15) is 49.7 Å². The van der Waals surface area contributed by atoms with Gasteiger partial charge < -0.3 is 4.18 Å². The van der Waals surface area contributed by atoms with Crippen LogP contribution in [0, 0.1) is 17.3 Å². The van der Waals surface area contributed by atoms with Gasteiger partial charge in [-0.15, -0.1) is 0 Å². The third kappa shape index (κ3) is 2.60. The van der Waals surface area contributed by atoms with Gasteiger partial charge in [0.15, 0.2) is 0 Å². The molecule has 1 fully saturated rings. The molecule has 0 amide bonds. The second kappa shape index (κ2) is 5.08. The molecule has 1 aromatic carbocycles. The summed E-state index contributed by atoms with van der Waals surface area (Å²) in [6, 6.07) is 5.65. The van der Waals surface area contributed by atoms with Crippen molar-refractivity contribution in [2.24, 2.45) is 22.4 Å². The van der Waals surface area contributed by atoms with E-state index in [-0.39, 0.29) is 0 Å².